The van der Waals surface area contributed by atoms with E-state index in [4.69, 9.17) is 9.88 Å². The molecule has 7 nitrogen and oxygen atoms in total. The van der Waals surface area contributed by atoms with E-state index in [0.717, 1.165) is 5.56 Å². The number of aromatic nitrogens is 3. The van der Waals surface area contributed by atoms with Crippen molar-refractivity contribution in [1.29, 1.82) is 0 Å². The zero-order chi connectivity index (χ0) is 14.9. The van der Waals surface area contributed by atoms with Crippen LogP contribution in [-0.2, 0) is 23.7 Å². The second kappa shape index (κ2) is 5.22. The first-order valence-corrected chi connectivity index (χ1v) is 7.44. The molecule has 1 aromatic heterocycles. The highest BCUT2D eigenvalue weighted by Gasteiger charge is 2.15. The van der Waals surface area contributed by atoms with E-state index in [1.807, 2.05) is 0 Å². The van der Waals surface area contributed by atoms with Crippen LogP contribution >= 0.6 is 0 Å². The van der Waals surface area contributed by atoms with Crippen molar-refractivity contribution in [2.24, 2.45) is 12.2 Å². The molecule has 2 rings (SSSR count). The zero-order valence-electron chi connectivity index (χ0n) is 11.5. The first-order chi connectivity index (χ1) is 9.29. The molecule has 108 valence electrons. The molecule has 1 aromatic carbocycles. The summed E-state index contributed by atoms with van der Waals surface area (Å²) in [6.45, 7) is 3.75. The predicted molar refractivity (Wildman–Crippen MR) is 72.6 cm³/mol. The Morgan fingerprint density at radius 3 is 2.55 bits per heavy atom. The summed E-state index contributed by atoms with van der Waals surface area (Å²) >= 11 is 0. The largest absolute Gasteiger partial charge is 0.487 e. The fraction of sp³-hybridized carbons (Fsp3) is 0.333. The first-order valence-electron chi connectivity index (χ1n) is 5.90. The molecule has 1 heterocycles. The van der Waals surface area contributed by atoms with E-state index in [2.05, 4.69) is 10.3 Å². The summed E-state index contributed by atoms with van der Waals surface area (Å²) in [6.07, 6.45) is 1.75. The topological polar surface area (TPSA) is 100 Å². The normalized spacial score (nSPS) is 11.6. The molecule has 0 radical (unpaired) electrons. The van der Waals surface area contributed by atoms with Crippen molar-refractivity contribution in [2.45, 2.75) is 25.3 Å². The van der Waals surface area contributed by atoms with Crippen molar-refractivity contribution in [3.8, 4) is 5.75 Å². The van der Waals surface area contributed by atoms with Crippen LogP contribution in [0, 0.1) is 13.8 Å². The number of rotatable bonds is 4. The van der Waals surface area contributed by atoms with E-state index in [-0.39, 0.29) is 11.5 Å². The van der Waals surface area contributed by atoms with Crippen molar-refractivity contribution in [1.82, 2.24) is 15.0 Å². The highest BCUT2D eigenvalue weighted by atomic mass is 32.2. The number of sulfonamides is 1. The average molecular weight is 296 g/mol. The van der Waals surface area contributed by atoms with Gasteiger partial charge in [-0.25, -0.2) is 13.6 Å². The number of hydrogen-bond acceptors (Lipinski definition) is 5. The lowest BCUT2D eigenvalue weighted by Crippen LogP contribution is -2.14. The van der Waals surface area contributed by atoms with Gasteiger partial charge in [0.2, 0.25) is 10.0 Å². The van der Waals surface area contributed by atoms with Crippen LogP contribution in [0.25, 0.3) is 0 Å². The van der Waals surface area contributed by atoms with E-state index in [0.29, 0.717) is 17.0 Å². The number of hydrogen-bond donors (Lipinski definition) is 1. The molecule has 0 amide bonds. The summed E-state index contributed by atoms with van der Waals surface area (Å²) in [7, 11) is -1.95. The zero-order valence-corrected chi connectivity index (χ0v) is 12.3. The molecule has 0 bridgehead atoms. The molecule has 0 atom stereocenters. The molecule has 0 fully saturated rings. The third kappa shape index (κ3) is 2.97. The van der Waals surface area contributed by atoms with Gasteiger partial charge in [0.1, 0.15) is 18.1 Å². The molecule has 0 unspecified atom stereocenters. The highest BCUT2D eigenvalue weighted by molar-refractivity contribution is 7.89. The van der Waals surface area contributed by atoms with Crippen molar-refractivity contribution < 1.29 is 13.2 Å². The number of primary sulfonamides is 1. The van der Waals surface area contributed by atoms with Gasteiger partial charge in [-0.2, -0.15) is 0 Å². The van der Waals surface area contributed by atoms with Crippen molar-refractivity contribution >= 4 is 10.0 Å². The Morgan fingerprint density at radius 1 is 1.30 bits per heavy atom. The minimum Gasteiger partial charge on any atom is -0.487 e. The molecule has 2 N–H and O–H groups in total. The van der Waals surface area contributed by atoms with Crippen LogP contribution in [0.4, 0.5) is 0 Å². The molecule has 0 saturated carbocycles. The quantitative estimate of drug-likeness (QED) is 0.893. The fourth-order valence-corrected chi connectivity index (χ4v) is 2.69. The molecule has 8 heteroatoms. The van der Waals surface area contributed by atoms with Gasteiger partial charge >= 0.3 is 0 Å². The van der Waals surface area contributed by atoms with E-state index in [1.54, 1.807) is 37.8 Å². The summed E-state index contributed by atoms with van der Waals surface area (Å²) in [5.74, 6) is 0.598. The summed E-state index contributed by atoms with van der Waals surface area (Å²) in [6, 6.07) is 3.04. The van der Waals surface area contributed by atoms with Gasteiger partial charge in [-0.05, 0) is 37.1 Å². The van der Waals surface area contributed by atoms with Crippen molar-refractivity contribution in [2.75, 3.05) is 0 Å². The van der Waals surface area contributed by atoms with Gasteiger partial charge in [0.25, 0.3) is 0 Å². The van der Waals surface area contributed by atoms with Gasteiger partial charge in [-0.1, -0.05) is 5.21 Å². The molecule has 2 aromatic rings. The Hall–Kier alpha value is -1.93. The Bertz CT molecular complexity index is 737. The maximum absolute atomic E-state index is 11.4. The minimum atomic E-state index is -3.72. The van der Waals surface area contributed by atoms with Crippen LogP contribution in [0.5, 0.6) is 5.75 Å². The molecule has 0 saturated heterocycles. The second-order valence-electron chi connectivity index (χ2n) is 4.53. The van der Waals surface area contributed by atoms with Crippen LogP contribution in [0.1, 0.15) is 16.8 Å². The summed E-state index contributed by atoms with van der Waals surface area (Å²) in [5, 5.41) is 12.9. The third-order valence-corrected chi connectivity index (χ3v) is 4.08. The average Bonchev–Trinajstić information content (AvgIpc) is 2.75. The summed E-state index contributed by atoms with van der Waals surface area (Å²) in [5.41, 5.74) is 2.02. The monoisotopic (exact) mass is 296 g/mol. The number of benzene rings is 1. The maximum Gasteiger partial charge on any atom is 0.238 e. The summed E-state index contributed by atoms with van der Waals surface area (Å²) in [4.78, 5) is 0.113. The smallest absolute Gasteiger partial charge is 0.238 e. The van der Waals surface area contributed by atoms with Crippen LogP contribution in [0.15, 0.2) is 23.2 Å². The number of nitrogens with two attached hydrogens (primary N) is 1. The minimum absolute atomic E-state index is 0.113. The molecule has 0 aliphatic rings. The van der Waals surface area contributed by atoms with Gasteiger partial charge in [-0.15, -0.1) is 5.10 Å². The lowest BCUT2D eigenvalue weighted by molar-refractivity contribution is 0.298. The van der Waals surface area contributed by atoms with Gasteiger partial charge in [0.05, 0.1) is 11.1 Å². The van der Waals surface area contributed by atoms with Gasteiger partial charge in [-0.3, -0.25) is 4.68 Å². The summed E-state index contributed by atoms with van der Waals surface area (Å²) < 4.78 is 30.0. The molecule has 0 aliphatic carbocycles. The Kier molecular flexibility index (Phi) is 3.78. The molecule has 0 spiro atoms. The van der Waals surface area contributed by atoms with Crippen LogP contribution in [-0.4, -0.2) is 23.4 Å². The van der Waals surface area contributed by atoms with Crippen LogP contribution in [0.2, 0.25) is 0 Å². The molecular weight excluding hydrogens is 280 g/mol. The lowest BCUT2D eigenvalue weighted by atomic mass is 10.1. The number of aryl methyl sites for hydroxylation is 1. The van der Waals surface area contributed by atoms with Gasteiger partial charge in [0, 0.05) is 7.05 Å². The predicted octanol–water partition coefficient (Wildman–Crippen LogP) is 0.658. The first kappa shape index (κ1) is 14.5. The molecular formula is C12H16N4O3S. The number of ether oxygens (including phenoxy) is 1. The van der Waals surface area contributed by atoms with E-state index >= 15 is 0 Å². The van der Waals surface area contributed by atoms with E-state index in [1.165, 1.54) is 6.07 Å². The van der Waals surface area contributed by atoms with Crippen LogP contribution in [0.3, 0.4) is 0 Å². The number of nitrogens with zero attached hydrogens (tertiary/aromatic N) is 3. The fourth-order valence-electron chi connectivity index (χ4n) is 1.85. The second-order valence-corrected chi connectivity index (χ2v) is 6.06. The Balaban J connectivity index is 2.24. The van der Waals surface area contributed by atoms with Crippen molar-refractivity contribution in [3.63, 3.8) is 0 Å². The third-order valence-electron chi connectivity index (χ3n) is 3.02. The Morgan fingerprint density at radius 2 is 2.00 bits per heavy atom. The Labute approximate surface area is 117 Å². The van der Waals surface area contributed by atoms with Crippen LogP contribution < -0.4 is 9.88 Å². The highest BCUT2D eigenvalue weighted by Crippen LogP contribution is 2.26. The molecule has 20 heavy (non-hydrogen) atoms. The standard InChI is InChI=1S/C12H16N4O3S/c1-8-9(2)12(20(13,17)18)5-4-11(8)19-7-10-6-16(3)15-14-10/h4-6H,7H2,1-3H3,(H2,13,17,18). The molecule has 0 aliphatic heterocycles. The maximum atomic E-state index is 11.4. The van der Waals surface area contributed by atoms with Gasteiger partial charge in [0.15, 0.2) is 0 Å². The van der Waals surface area contributed by atoms with Gasteiger partial charge < -0.3 is 4.74 Å². The van der Waals surface area contributed by atoms with Crippen molar-refractivity contribution in [3.05, 3.63) is 35.2 Å². The lowest BCUT2D eigenvalue weighted by Gasteiger charge is -2.12. The SMILES string of the molecule is Cc1c(OCc2cn(C)nn2)ccc(S(N)(=O)=O)c1C. The van der Waals surface area contributed by atoms with E-state index < -0.39 is 10.0 Å². The van der Waals surface area contributed by atoms with E-state index in [9.17, 15) is 8.42 Å².